The van der Waals surface area contributed by atoms with E-state index in [9.17, 15) is 8.42 Å². The van der Waals surface area contributed by atoms with Crippen LogP contribution in [-0.2, 0) is 21.3 Å². The minimum Gasteiger partial charge on any atom is -0.380 e. The van der Waals surface area contributed by atoms with Gasteiger partial charge in [-0.05, 0) is 38.3 Å². The summed E-state index contributed by atoms with van der Waals surface area (Å²) < 4.78 is 33.0. The number of piperidine rings is 1. The molecule has 0 saturated carbocycles. The second kappa shape index (κ2) is 11.3. The van der Waals surface area contributed by atoms with Gasteiger partial charge in [0, 0.05) is 32.8 Å². The van der Waals surface area contributed by atoms with Crippen molar-refractivity contribution in [1.29, 1.82) is 0 Å². The highest BCUT2D eigenvalue weighted by Crippen LogP contribution is 2.24. The number of guanidine groups is 1. The third-order valence-electron chi connectivity index (χ3n) is 4.40. The number of ether oxygens (including phenoxy) is 1. The summed E-state index contributed by atoms with van der Waals surface area (Å²) in [5.74, 6) is 0.655. The number of benzene rings is 1. The Morgan fingerprint density at radius 2 is 1.89 bits per heavy atom. The van der Waals surface area contributed by atoms with Gasteiger partial charge >= 0.3 is 0 Å². The molecule has 1 aliphatic heterocycles. The zero-order valence-electron chi connectivity index (χ0n) is 16.4. The van der Waals surface area contributed by atoms with Gasteiger partial charge in [0.15, 0.2) is 5.96 Å². The number of hydrogen-bond acceptors (Lipinski definition) is 4. The van der Waals surface area contributed by atoms with Crippen LogP contribution in [0.1, 0.15) is 38.7 Å². The highest BCUT2D eigenvalue weighted by molar-refractivity contribution is 7.89. The van der Waals surface area contributed by atoms with Gasteiger partial charge in [0.25, 0.3) is 0 Å². The molecule has 1 aromatic rings. The first kappa shape index (κ1) is 21.7. The van der Waals surface area contributed by atoms with Crippen LogP contribution in [0.25, 0.3) is 0 Å². The Morgan fingerprint density at radius 3 is 2.59 bits per heavy atom. The van der Waals surface area contributed by atoms with Crippen molar-refractivity contribution < 1.29 is 13.2 Å². The lowest BCUT2D eigenvalue weighted by Gasteiger charge is -2.26. The van der Waals surface area contributed by atoms with Crippen LogP contribution in [0.5, 0.6) is 0 Å². The normalized spacial score (nSPS) is 16.3. The number of sulfonamides is 1. The third-order valence-corrected chi connectivity index (χ3v) is 6.40. The molecule has 2 N–H and O–H groups in total. The molecular weight excluding hydrogens is 364 g/mol. The van der Waals surface area contributed by atoms with Gasteiger partial charge in [0.2, 0.25) is 10.0 Å². The van der Waals surface area contributed by atoms with E-state index in [4.69, 9.17) is 4.74 Å². The average molecular weight is 397 g/mol. The molecule has 0 amide bonds. The fraction of sp³-hybridized carbons (Fsp3) is 0.632. The highest BCUT2D eigenvalue weighted by atomic mass is 32.2. The molecule has 0 aliphatic carbocycles. The molecule has 1 fully saturated rings. The van der Waals surface area contributed by atoms with Gasteiger partial charge in [-0.3, -0.25) is 0 Å². The molecule has 152 valence electrons. The van der Waals surface area contributed by atoms with Crippen LogP contribution in [0, 0.1) is 0 Å². The monoisotopic (exact) mass is 396 g/mol. The Kier molecular flexibility index (Phi) is 9.03. The molecule has 1 heterocycles. The summed E-state index contributed by atoms with van der Waals surface area (Å²) in [6.07, 6.45) is 2.94. The second-order valence-corrected chi connectivity index (χ2v) is 8.30. The van der Waals surface area contributed by atoms with Crippen molar-refractivity contribution >= 4 is 16.0 Å². The standard InChI is InChI=1S/C19H32N4O3S/c1-3-20-19(21-12-15-26-4-2)22-16-17-10-6-7-11-18(17)27(24,25)23-13-8-5-9-14-23/h6-7,10-11H,3-5,8-9,12-16H2,1-2H3,(H2,20,21,22). The first-order chi connectivity index (χ1) is 13.1. The summed E-state index contributed by atoms with van der Waals surface area (Å²) in [5, 5.41) is 6.38. The maximum Gasteiger partial charge on any atom is 0.243 e. The largest absolute Gasteiger partial charge is 0.380 e. The number of aliphatic imine (C=N–C) groups is 1. The third kappa shape index (κ3) is 6.48. The Morgan fingerprint density at radius 1 is 1.15 bits per heavy atom. The SMILES string of the molecule is CCNC(=NCc1ccccc1S(=O)(=O)N1CCCCC1)NCCOCC. The summed E-state index contributed by atoms with van der Waals surface area (Å²) >= 11 is 0. The van der Waals surface area contributed by atoms with E-state index in [1.807, 2.05) is 26.0 Å². The number of nitrogens with zero attached hydrogens (tertiary/aromatic N) is 2. The van der Waals surface area contributed by atoms with E-state index in [0.717, 1.165) is 25.8 Å². The van der Waals surface area contributed by atoms with Crippen LogP contribution in [0.3, 0.4) is 0 Å². The highest BCUT2D eigenvalue weighted by Gasteiger charge is 2.27. The van der Waals surface area contributed by atoms with Crippen molar-refractivity contribution in [3.63, 3.8) is 0 Å². The molecule has 1 aliphatic rings. The van der Waals surface area contributed by atoms with Gasteiger partial charge in [-0.1, -0.05) is 24.6 Å². The molecule has 8 heteroatoms. The molecule has 1 aromatic carbocycles. The van der Waals surface area contributed by atoms with Crippen LogP contribution < -0.4 is 10.6 Å². The van der Waals surface area contributed by atoms with E-state index in [-0.39, 0.29) is 0 Å². The fourth-order valence-electron chi connectivity index (χ4n) is 3.02. The van der Waals surface area contributed by atoms with Crippen molar-refractivity contribution in [3.05, 3.63) is 29.8 Å². The maximum atomic E-state index is 13.1. The average Bonchev–Trinajstić information content (AvgIpc) is 2.70. The van der Waals surface area contributed by atoms with E-state index in [1.54, 1.807) is 16.4 Å². The summed E-state index contributed by atoms with van der Waals surface area (Å²) in [4.78, 5) is 4.92. The molecule has 0 radical (unpaired) electrons. The molecule has 2 rings (SSSR count). The van der Waals surface area contributed by atoms with Crippen molar-refractivity contribution in [2.45, 2.75) is 44.6 Å². The van der Waals surface area contributed by atoms with Gasteiger partial charge in [0.1, 0.15) is 0 Å². The molecule has 0 aromatic heterocycles. The van der Waals surface area contributed by atoms with E-state index in [0.29, 0.717) is 55.8 Å². The lowest BCUT2D eigenvalue weighted by atomic mass is 10.2. The molecular formula is C19H32N4O3S. The van der Waals surface area contributed by atoms with Gasteiger partial charge < -0.3 is 15.4 Å². The van der Waals surface area contributed by atoms with Crippen LogP contribution in [0.2, 0.25) is 0 Å². The number of nitrogens with one attached hydrogen (secondary N) is 2. The quantitative estimate of drug-likeness (QED) is 0.379. The predicted molar refractivity (Wildman–Crippen MR) is 108 cm³/mol. The van der Waals surface area contributed by atoms with E-state index in [1.165, 1.54) is 0 Å². The van der Waals surface area contributed by atoms with Crippen molar-refractivity contribution in [2.24, 2.45) is 4.99 Å². The molecule has 7 nitrogen and oxygen atoms in total. The first-order valence-corrected chi connectivity index (χ1v) is 11.2. The van der Waals surface area contributed by atoms with Crippen LogP contribution in [0.4, 0.5) is 0 Å². The second-order valence-electron chi connectivity index (χ2n) is 6.39. The predicted octanol–water partition coefficient (Wildman–Crippen LogP) is 1.95. The van der Waals surface area contributed by atoms with Crippen molar-refractivity contribution in [2.75, 3.05) is 39.4 Å². The summed E-state index contributed by atoms with van der Waals surface area (Å²) in [5.41, 5.74) is 0.713. The summed E-state index contributed by atoms with van der Waals surface area (Å²) in [6, 6.07) is 7.15. The lowest BCUT2D eigenvalue weighted by molar-refractivity contribution is 0.152. The summed E-state index contributed by atoms with van der Waals surface area (Å²) in [7, 11) is -3.47. The van der Waals surface area contributed by atoms with Crippen molar-refractivity contribution in [3.8, 4) is 0 Å². The molecule has 0 atom stereocenters. The van der Waals surface area contributed by atoms with Crippen LogP contribution in [0.15, 0.2) is 34.2 Å². The number of hydrogen-bond donors (Lipinski definition) is 2. The smallest absolute Gasteiger partial charge is 0.243 e. The topological polar surface area (TPSA) is 83.0 Å². The number of rotatable bonds is 9. The van der Waals surface area contributed by atoms with Crippen LogP contribution >= 0.6 is 0 Å². The fourth-order valence-corrected chi connectivity index (χ4v) is 4.75. The van der Waals surface area contributed by atoms with E-state index >= 15 is 0 Å². The Bertz CT molecular complexity index is 701. The zero-order chi connectivity index (χ0) is 19.5. The maximum absolute atomic E-state index is 13.1. The Labute approximate surface area is 163 Å². The van der Waals surface area contributed by atoms with E-state index < -0.39 is 10.0 Å². The molecule has 0 unspecified atom stereocenters. The van der Waals surface area contributed by atoms with Crippen LogP contribution in [-0.4, -0.2) is 58.1 Å². The van der Waals surface area contributed by atoms with Gasteiger partial charge in [-0.15, -0.1) is 0 Å². The molecule has 27 heavy (non-hydrogen) atoms. The Hall–Kier alpha value is -1.64. The van der Waals surface area contributed by atoms with Gasteiger partial charge in [-0.25, -0.2) is 13.4 Å². The summed E-state index contributed by atoms with van der Waals surface area (Å²) in [6.45, 7) is 8.10. The lowest BCUT2D eigenvalue weighted by Crippen LogP contribution is -2.39. The Balaban J connectivity index is 2.13. The zero-order valence-corrected chi connectivity index (χ0v) is 17.2. The molecule has 0 bridgehead atoms. The molecule has 1 saturated heterocycles. The van der Waals surface area contributed by atoms with Gasteiger partial charge in [0.05, 0.1) is 18.0 Å². The molecule has 0 spiro atoms. The minimum absolute atomic E-state index is 0.299. The van der Waals surface area contributed by atoms with Gasteiger partial charge in [-0.2, -0.15) is 4.31 Å². The van der Waals surface area contributed by atoms with Crippen molar-refractivity contribution in [1.82, 2.24) is 14.9 Å². The minimum atomic E-state index is -3.47. The van der Waals surface area contributed by atoms with E-state index in [2.05, 4.69) is 15.6 Å². The first-order valence-electron chi connectivity index (χ1n) is 9.77.